The minimum atomic E-state index is -0.883. The van der Waals surface area contributed by atoms with Crippen molar-refractivity contribution in [3.8, 4) is 11.1 Å². The largest absolute Gasteiger partial charge is 0.481 e. The molecule has 4 rings (SSSR count). The molecule has 1 fully saturated rings. The Morgan fingerprint density at radius 1 is 1.03 bits per heavy atom. The number of aliphatic carboxylic acids is 1. The molecule has 0 aliphatic heterocycles. The molecule has 2 aromatic rings. The van der Waals surface area contributed by atoms with E-state index >= 15 is 0 Å². The summed E-state index contributed by atoms with van der Waals surface area (Å²) in [7, 11) is 0. The van der Waals surface area contributed by atoms with E-state index < -0.39 is 18.1 Å². The number of hydrogen-bond acceptors (Lipinski definition) is 4. The van der Waals surface area contributed by atoms with Gasteiger partial charge in [-0.1, -0.05) is 61.9 Å². The van der Waals surface area contributed by atoms with Crippen molar-refractivity contribution in [3.05, 3.63) is 59.7 Å². The van der Waals surface area contributed by atoms with Gasteiger partial charge in [-0.3, -0.25) is 9.59 Å². The summed E-state index contributed by atoms with van der Waals surface area (Å²) in [5.41, 5.74) is 4.58. The molecular formula is C26H30N2O5. The van der Waals surface area contributed by atoms with Crippen LogP contribution in [0.25, 0.3) is 11.1 Å². The van der Waals surface area contributed by atoms with Crippen LogP contribution in [0.2, 0.25) is 0 Å². The van der Waals surface area contributed by atoms with Gasteiger partial charge in [-0.15, -0.1) is 0 Å². The van der Waals surface area contributed by atoms with Crippen molar-refractivity contribution in [2.45, 2.75) is 44.6 Å². The predicted molar refractivity (Wildman–Crippen MR) is 124 cm³/mol. The lowest BCUT2D eigenvalue weighted by molar-refractivity contribution is -0.138. The lowest BCUT2D eigenvalue weighted by Gasteiger charge is -2.21. The number of carbonyl (C=O) groups excluding carboxylic acids is 2. The van der Waals surface area contributed by atoms with Crippen molar-refractivity contribution in [2.24, 2.45) is 11.8 Å². The Balaban J connectivity index is 1.35. The molecule has 174 valence electrons. The molecule has 0 heterocycles. The van der Waals surface area contributed by atoms with Gasteiger partial charge in [-0.25, -0.2) is 4.79 Å². The molecule has 2 aliphatic carbocycles. The van der Waals surface area contributed by atoms with Gasteiger partial charge in [0.2, 0.25) is 5.91 Å². The molecule has 0 spiro atoms. The molecule has 2 amide bonds. The summed E-state index contributed by atoms with van der Waals surface area (Å²) in [6, 6.07) is 15.6. The van der Waals surface area contributed by atoms with Crippen LogP contribution in [0.15, 0.2) is 48.5 Å². The van der Waals surface area contributed by atoms with Gasteiger partial charge in [0, 0.05) is 18.9 Å². The highest BCUT2D eigenvalue weighted by Crippen LogP contribution is 2.44. The molecule has 7 heteroatoms. The first-order valence-electron chi connectivity index (χ1n) is 11.6. The van der Waals surface area contributed by atoms with E-state index in [0.717, 1.165) is 35.1 Å². The number of carboxylic acid groups (broad SMARTS) is 1. The normalized spacial score (nSPS) is 16.3. The van der Waals surface area contributed by atoms with Crippen molar-refractivity contribution >= 4 is 18.0 Å². The van der Waals surface area contributed by atoms with E-state index in [1.165, 1.54) is 0 Å². The zero-order chi connectivity index (χ0) is 23.4. The molecule has 2 aliphatic rings. The molecule has 2 atom stereocenters. The van der Waals surface area contributed by atoms with Crippen LogP contribution in [-0.4, -0.2) is 42.3 Å². The van der Waals surface area contributed by atoms with Gasteiger partial charge in [0.05, 0.1) is 0 Å². The van der Waals surface area contributed by atoms with Gasteiger partial charge >= 0.3 is 12.1 Å². The zero-order valence-corrected chi connectivity index (χ0v) is 18.8. The van der Waals surface area contributed by atoms with E-state index in [0.29, 0.717) is 6.42 Å². The highest BCUT2D eigenvalue weighted by atomic mass is 16.5. The number of amides is 2. The van der Waals surface area contributed by atoms with Crippen LogP contribution in [0, 0.1) is 11.8 Å². The monoisotopic (exact) mass is 450 g/mol. The minimum absolute atomic E-state index is 0.00465. The second-order valence-electron chi connectivity index (χ2n) is 8.90. The third-order valence-corrected chi connectivity index (χ3v) is 6.60. The average Bonchev–Trinajstić information content (AvgIpc) is 3.61. The van der Waals surface area contributed by atoms with Crippen molar-refractivity contribution < 1.29 is 24.2 Å². The van der Waals surface area contributed by atoms with Crippen molar-refractivity contribution in [1.82, 2.24) is 10.6 Å². The van der Waals surface area contributed by atoms with Crippen molar-refractivity contribution in [3.63, 3.8) is 0 Å². The van der Waals surface area contributed by atoms with Crippen LogP contribution < -0.4 is 10.6 Å². The minimum Gasteiger partial charge on any atom is -0.481 e. The smallest absolute Gasteiger partial charge is 0.407 e. The molecule has 0 radical (unpaired) electrons. The second kappa shape index (κ2) is 10.1. The SMILES string of the molecule is CCC(CNC(=O)C(NC(=O)OCC1c2ccccc2-c2ccccc21)C1CC1)CC(=O)O. The molecule has 33 heavy (non-hydrogen) atoms. The first-order valence-corrected chi connectivity index (χ1v) is 11.6. The number of benzene rings is 2. The van der Waals surface area contributed by atoms with Crippen LogP contribution >= 0.6 is 0 Å². The van der Waals surface area contributed by atoms with E-state index in [1.54, 1.807) is 0 Å². The Bertz CT molecular complexity index is 987. The van der Waals surface area contributed by atoms with Gasteiger partial charge in [0.1, 0.15) is 12.6 Å². The van der Waals surface area contributed by atoms with Gasteiger partial charge < -0.3 is 20.5 Å². The summed E-state index contributed by atoms with van der Waals surface area (Å²) in [6.07, 6.45) is 1.79. The van der Waals surface area contributed by atoms with E-state index in [2.05, 4.69) is 34.9 Å². The molecule has 2 aromatic carbocycles. The summed E-state index contributed by atoms with van der Waals surface area (Å²) in [5.74, 6) is -1.26. The fraction of sp³-hybridized carbons (Fsp3) is 0.423. The van der Waals surface area contributed by atoms with Crippen LogP contribution in [0.5, 0.6) is 0 Å². The molecule has 3 N–H and O–H groups in total. The quantitative estimate of drug-likeness (QED) is 0.509. The first kappa shape index (κ1) is 22.8. The van der Waals surface area contributed by atoms with Gasteiger partial charge in [-0.2, -0.15) is 0 Å². The topological polar surface area (TPSA) is 105 Å². The van der Waals surface area contributed by atoms with Gasteiger partial charge in [-0.05, 0) is 46.9 Å². The lowest BCUT2D eigenvalue weighted by atomic mass is 9.98. The number of ether oxygens (including phenoxy) is 1. The Labute approximate surface area is 193 Å². The fourth-order valence-electron chi connectivity index (χ4n) is 4.56. The standard InChI is InChI=1S/C26H30N2O5/c1-2-16(13-23(29)30)14-27-25(31)24(17-11-12-17)28-26(32)33-15-22-20-9-5-3-7-18(20)19-8-4-6-10-21(19)22/h3-10,16-17,22,24H,2,11-15H2,1H3,(H,27,31)(H,28,32)(H,29,30). The fourth-order valence-corrected chi connectivity index (χ4v) is 4.56. The lowest BCUT2D eigenvalue weighted by Crippen LogP contribution is -2.49. The summed E-state index contributed by atoms with van der Waals surface area (Å²) in [5, 5.41) is 14.6. The Kier molecular flexibility index (Phi) is 6.96. The summed E-state index contributed by atoms with van der Waals surface area (Å²) in [4.78, 5) is 36.3. The number of hydrogen-bond donors (Lipinski definition) is 3. The second-order valence-corrected chi connectivity index (χ2v) is 8.90. The maximum absolute atomic E-state index is 12.7. The molecule has 7 nitrogen and oxygen atoms in total. The zero-order valence-electron chi connectivity index (χ0n) is 18.8. The Morgan fingerprint density at radius 3 is 2.18 bits per heavy atom. The molecule has 0 saturated heterocycles. The maximum atomic E-state index is 12.7. The third-order valence-electron chi connectivity index (χ3n) is 6.60. The molecule has 2 unspecified atom stereocenters. The van der Waals surface area contributed by atoms with Crippen LogP contribution in [0.1, 0.15) is 49.7 Å². The molecule has 0 bridgehead atoms. The number of nitrogens with one attached hydrogen (secondary N) is 2. The molecule has 1 saturated carbocycles. The number of carbonyl (C=O) groups is 3. The number of fused-ring (bicyclic) bond motifs is 3. The number of rotatable bonds is 10. The summed E-state index contributed by atoms with van der Waals surface area (Å²) < 4.78 is 5.59. The van der Waals surface area contributed by atoms with Crippen LogP contribution in [-0.2, 0) is 14.3 Å². The molecule has 0 aromatic heterocycles. The predicted octanol–water partition coefficient (Wildman–Crippen LogP) is 3.92. The Hall–Kier alpha value is -3.35. The third kappa shape index (κ3) is 5.35. The summed E-state index contributed by atoms with van der Waals surface area (Å²) >= 11 is 0. The van der Waals surface area contributed by atoms with E-state index in [1.807, 2.05) is 31.2 Å². The van der Waals surface area contributed by atoms with Crippen molar-refractivity contribution in [1.29, 1.82) is 0 Å². The van der Waals surface area contributed by atoms with E-state index in [-0.39, 0.29) is 43.2 Å². The first-order chi connectivity index (χ1) is 16.0. The van der Waals surface area contributed by atoms with Crippen LogP contribution in [0.4, 0.5) is 4.79 Å². The average molecular weight is 451 g/mol. The maximum Gasteiger partial charge on any atom is 0.407 e. The highest BCUT2D eigenvalue weighted by molar-refractivity contribution is 5.86. The van der Waals surface area contributed by atoms with Crippen molar-refractivity contribution in [2.75, 3.05) is 13.2 Å². The van der Waals surface area contributed by atoms with E-state index in [4.69, 9.17) is 9.84 Å². The highest BCUT2D eigenvalue weighted by Gasteiger charge is 2.38. The number of carboxylic acids is 1. The van der Waals surface area contributed by atoms with Crippen LogP contribution in [0.3, 0.4) is 0 Å². The van der Waals surface area contributed by atoms with E-state index in [9.17, 15) is 14.4 Å². The molecular weight excluding hydrogens is 420 g/mol. The summed E-state index contributed by atoms with van der Waals surface area (Å²) in [6.45, 7) is 2.36. The van der Waals surface area contributed by atoms with Gasteiger partial charge in [0.15, 0.2) is 0 Å². The Morgan fingerprint density at radius 2 is 1.64 bits per heavy atom. The van der Waals surface area contributed by atoms with Gasteiger partial charge in [0.25, 0.3) is 0 Å². The number of alkyl carbamates (subject to hydrolysis) is 1.